The Bertz CT molecular complexity index is 751. The van der Waals surface area contributed by atoms with Crippen LogP contribution in [0.15, 0.2) is 29.5 Å². The number of aliphatic hydroxyl groups excluding tert-OH is 1. The van der Waals surface area contributed by atoms with Gasteiger partial charge in [-0.15, -0.1) is 0 Å². The molecular weight excluding hydrogens is 346 g/mol. The van der Waals surface area contributed by atoms with Gasteiger partial charge >= 0.3 is 0 Å². The summed E-state index contributed by atoms with van der Waals surface area (Å²) in [6, 6.07) is 4.66. The molecule has 6 nitrogen and oxygen atoms in total. The number of ketones is 1. The Morgan fingerprint density at radius 1 is 1.11 bits per heavy atom. The zero-order chi connectivity index (χ0) is 20.3. The van der Waals surface area contributed by atoms with Crippen LogP contribution in [-0.4, -0.2) is 42.5 Å². The van der Waals surface area contributed by atoms with Crippen molar-refractivity contribution in [3.05, 3.63) is 35.1 Å². The fourth-order valence-electron chi connectivity index (χ4n) is 3.37. The van der Waals surface area contributed by atoms with E-state index in [2.05, 4.69) is 0 Å². The highest BCUT2D eigenvalue weighted by Gasteiger charge is 2.43. The van der Waals surface area contributed by atoms with E-state index >= 15 is 0 Å². The van der Waals surface area contributed by atoms with E-state index in [0.717, 1.165) is 0 Å². The second kappa shape index (κ2) is 8.46. The van der Waals surface area contributed by atoms with E-state index in [0.29, 0.717) is 23.6 Å². The first-order valence-electron chi connectivity index (χ1n) is 9.20. The van der Waals surface area contributed by atoms with Gasteiger partial charge in [-0.2, -0.15) is 0 Å². The maximum Gasteiger partial charge on any atom is 0.290 e. The third kappa shape index (κ3) is 4.26. The maximum atomic E-state index is 12.9. The first kappa shape index (κ1) is 20.8. The van der Waals surface area contributed by atoms with E-state index in [9.17, 15) is 14.7 Å². The molecule has 27 heavy (non-hydrogen) atoms. The molecule has 6 heteroatoms. The molecule has 1 aromatic carbocycles. The molecule has 0 fully saturated rings. The van der Waals surface area contributed by atoms with Gasteiger partial charge in [0.1, 0.15) is 0 Å². The summed E-state index contributed by atoms with van der Waals surface area (Å²) in [5.74, 6) is 0.221. The topological polar surface area (TPSA) is 76.1 Å². The summed E-state index contributed by atoms with van der Waals surface area (Å²) in [5.41, 5.74) is 0.874. The number of carbonyl (C=O) groups is 2. The van der Waals surface area contributed by atoms with Gasteiger partial charge in [0.2, 0.25) is 0 Å². The average molecular weight is 375 g/mol. The predicted molar refractivity (Wildman–Crippen MR) is 103 cm³/mol. The van der Waals surface area contributed by atoms with Crippen LogP contribution in [0.4, 0.5) is 0 Å². The zero-order valence-corrected chi connectivity index (χ0v) is 16.9. The molecule has 0 saturated heterocycles. The van der Waals surface area contributed by atoms with Crippen LogP contribution < -0.4 is 9.47 Å². The van der Waals surface area contributed by atoms with E-state index in [1.807, 2.05) is 27.7 Å². The Labute approximate surface area is 160 Å². The summed E-state index contributed by atoms with van der Waals surface area (Å²) >= 11 is 0. The zero-order valence-electron chi connectivity index (χ0n) is 16.9. The third-order valence-electron chi connectivity index (χ3n) is 4.48. The van der Waals surface area contributed by atoms with Crippen molar-refractivity contribution in [2.45, 2.75) is 40.2 Å². The van der Waals surface area contributed by atoms with E-state index in [4.69, 9.17) is 9.47 Å². The highest BCUT2D eigenvalue weighted by atomic mass is 16.5. The Hall–Kier alpha value is -2.50. The SMILES string of the molecule is COc1ccc(C2C(C(=O)CC(C)C)=C(O)C(=O)N2CC(C)C)cc1OC. The molecule has 0 spiro atoms. The predicted octanol–water partition coefficient (Wildman–Crippen LogP) is 3.67. The normalized spacial score (nSPS) is 17.3. The Kier molecular flexibility index (Phi) is 6.52. The van der Waals surface area contributed by atoms with Gasteiger partial charge in [0.25, 0.3) is 5.91 Å². The van der Waals surface area contributed by atoms with Crippen molar-refractivity contribution in [1.82, 2.24) is 4.90 Å². The number of nitrogens with zero attached hydrogens (tertiary/aromatic N) is 1. The quantitative estimate of drug-likeness (QED) is 0.750. The smallest absolute Gasteiger partial charge is 0.290 e. The summed E-state index contributed by atoms with van der Waals surface area (Å²) in [7, 11) is 3.08. The molecule has 0 aromatic heterocycles. The minimum absolute atomic E-state index is 0.123. The van der Waals surface area contributed by atoms with Gasteiger partial charge in [0, 0.05) is 13.0 Å². The molecule has 1 unspecified atom stereocenters. The number of benzene rings is 1. The van der Waals surface area contributed by atoms with Gasteiger partial charge in [-0.1, -0.05) is 33.8 Å². The van der Waals surface area contributed by atoms with Crippen LogP contribution in [0.2, 0.25) is 0 Å². The van der Waals surface area contributed by atoms with E-state index < -0.39 is 17.7 Å². The Balaban J connectivity index is 2.57. The first-order chi connectivity index (χ1) is 12.7. The minimum atomic E-state index is -0.633. The molecule has 1 N–H and O–H groups in total. The molecule has 148 valence electrons. The number of Topliss-reactive ketones (excluding diaryl/α,β-unsaturated/α-hetero) is 1. The van der Waals surface area contributed by atoms with Crippen LogP contribution in [0.25, 0.3) is 0 Å². The number of carbonyl (C=O) groups excluding carboxylic acids is 2. The lowest BCUT2D eigenvalue weighted by Gasteiger charge is -2.29. The van der Waals surface area contributed by atoms with Crippen molar-refractivity contribution in [1.29, 1.82) is 0 Å². The number of amides is 1. The molecule has 0 saturated carbocycles. The Morgan fingerprint density at radius 3 is 2.26 bits per heavy atom. The van der Waals surface area contributed by atoms with Gasteiger partial charge in [0.05, 0.1) is 25.8 Å². The minimum Gasteiger partial charge on any atom is -0.503 e. The van der Waals surface area contributed by atoms with Crippen LogP contribution in [-0.2, 0) is 9.59 Å². The van der Waals surface area contributed by atoms with Crippen molar-refractivity contribution in [3.8, 4) is 11.5 Å². The summed E-state index contributed by atoms with van der Waals surface area (Å²) in [4.78, 5) is 27.1. The van der Waals surface area contributed by atoms with Crippen molar-refractivity contribution >= 4 is 11.7 Å². The molecule has 1 amide bonds. The van der Waals surface area contributed by atoms with Crippen LogP contribution in [0, 0.1) is 11.8 Å². The largest absolute Gasteiger partial charge is 0.503 e. The second-order valence-electron chi connectivity index (χ2n) is 7.65. The number of aliphatic hydroxyl groups is 1. The molecule has 1 atom stereocenters. The summed E-state index contributed by atoms with van der Waals surface area (Å²) < 4.78 is 10.7. The lowest BCUT2D eigenvalue weighted by atomic mass is 9.91. The monoisotopic (exact) mass is 375 g/mol. The van der Waals surface area contributed by atoms with Gasteiger partial charge in [-0.25, -0.2) is 0 Å². The molecule has 1 aliphatic rings. The van der Waals surface area contributed by atoms with Crippen molar-refractivity contribution < 1.29 is 24.2 Å². The van der Waals surface area contributed by atoms with Gasteiger partial charge in [-0.3, -0.25) is 9.59 Å². The lowest BCUT2D eigenvalue weighted by Crippen LogP contribution is -2.34. The first-order valence-corrected chi connectivity index (χ1v) is 9.20. The summed E-state index contributed by atoms with van der Waals surface area (Å²) in [6.07, 6.45) is 0.270. The molecule has 2 rings (SSSR count). The standard InChI is InChI=1S/C21H29NO5/c1-12(2)9-15(23)18-19(22(11-13(3)4)21(25)20(18)24)14-7-8-16(26-5)17(10-14)27-6/h7-8,10,12-13,19,24H,9,11H2,1-6H3. The van der Waals surface area contributed by atoms with Crippen molar-refractivity contribution in [3.63, 3.8) is 0 Å². The number of hydrogen-bond donors (Lipinski definition) is 1. The van der Waals surface area contributed by atoms with Crippen LogP contribution in [0.5, 0.6) is 11.5 Å². The van der Waals surface area contributed by atoms with Gasteiger partial charge < -0.3 is 19.5 Å². The molecule has 1 heterocycles. The average Bonchev–Trinajstić information content (AvgIpc) is 2.85. The second-order valence-corrected chi connectivity index (χ2v) is 7.65. The molecule has 0 aliphatic carbocycles. The fraction of sp³-hybridized carbons (Fsp3) is 0.524. The summed E-state index contributed by atoms with van der Waals surface area (Å²) in [5, 5.41) is 10.5. The number of rotatable bonds is 8. The number of methoxy groups -OCH3 is 2. The molecule has 1 aliphatic heterocycles. The van der Waals surface area contributed by atoms with Crippen molar-refractivity contribution in [2.75, 3.05) is 20.8 Å². The fourth-order valence-corrected chi connectivity index (χ4v) is 3.37. The van der Waals surface area contributed by atoms with Crippen LogP contribution >= 0.6 is 0 Å². The van der Waals surface area contributed by atoms with Crippen molar-refractivity contribution in [2.24, 2.45) is 11.8 Å². The molecule has 0 bridgehead atoms. The summed E-state index contributed by atoms with van der Waals surface area (Å²) in [6.45, 7) is 8.28. The highest BCUT2D eigenvalue weighted by molar-refractivity contribution is 6.09. The maximum absolute atomic E-state index is 12.9. The van der Waals surface area contributed by atoms with E-state index in [1.165, 1.54) is 7.11 Å². The van der Waals surface area contributed by atoms with Crippen LogP contribution in [0.1, 0.15) is 45.7 Å². The molecule has 0 radical (unpaired) electrons. The number of ether oxygens (including phenoxy) is 2. The van der Waals surface area contributed by atoms with E-state index in [1.54, 1.807) is 30.2 Å². The highest BCUT2D eigenvalue weighted by Crippen LogP contribution is 2.41. The third-order valence-corrected chi connectivity index (χ3v) is 4.48. The molecule has 1 aromatic rings. The number of hydrogen-bond acceptors (Lipinski definition) is 5. The van der Waals surface area contributed by atoms with Gasteiger partial charge in [0.15, 0.2) is 23.0 Å². The molecular formula is C21H29NO5. The van der Waals surface area contributed by atoms with Gasteiger partial charge in [-0.05, 0) is 29.5 Å². The Morgan fingerprint density at radius 2 is 1.74 bits per heavy atom. The lowest BCUT2D eigenvalue weighted by molar-refractivity contribution is -0.129. The van der Waals surface area contributed by atoms with E-state index in [-0.39, 0.29) is 29.6 Å². The van der Waals surface area contributed by atoms with Crippen LogP contribution in [0.3, 0.4) is 0 Å².